The van der Waals surface area contributed by atoms with E-state index in [0.717, 1.165) is 6.42 Å². The molecule has 0 spiro atoms. The van der Waals surface area contributed by atoms with Crippen LogP contribution in [0.25, 0.3) is 0 Å². The molecule has 0 radical (unpaired) electrons. The van der Waals surface area contributed by atoms with Gasteiger partial charge in [0, 0.05) is 0 Å². The zero-order valence-corrected chi connectivity index (χ0v) is 8.14. The molecule has 0 saturated heterocycles. The molecule has 0 bridgehead atoms. The minimum Gasteiger partial charge on any atom is -1.00 e. The van der Waals surface area contributed by atoms with Gasteiger partial charge >= 0.3 is 26.2 Å². The van der Waals surface area contributed by atoms with E-state index in [4.69, 9.17) is 0 Å². The molecule has 0 nitrogen and oxygen atoms in total. The predicted octanol–water partition coefficient (Wildman–Crippen LogP) is -8.24. The van der Waals surface area contributed by atoms with E-state index in [9.17, 15) is 0 Å². The van der Waals surface area contributed by atoms with Crippen molar-refractivity contribution in [2.45, 2.75) is 6.42 Å². The van der Waals surface area contributed by atoms with Gasteiger partial charge in [-0.3, -0.25) is 6.08 Å². The molecule has 0 fully saturated rings. The molecule has 0 aromatic heterocycles. The number of hydrogen-bond acceptors (Lipinski definition) is 0. The SMILES string of the molecule is [C-]1=CC1.[Cl-].[Cl-].[Cl-].[Zr+4]. The predicted molar refractivity (Wildman–Crippen MR) is 12.4 cm³/mol. The first-order valence-electron chi connectivity index (χ1n) is 1.05. The molecule has 4 heteroatoms. The summed E-state index contributed by atoms with van der Waals surface area (Å²) in [5.41, 5.74) is 0. The average molecular weight is 237 g/mol. The standard InChI is InChI=1S/C3H3.3ClH.Zr/c1-2-3-1;;;;/h1H,2H2;3*1H;/q-1;;;;+4/p-3. The van der Waals surface area contributed by atoms with Crippen molar-refractivity contribution in [1.29, 1.82) is 0 Å². The van der Waals surface area contributed by atoms with Gasteiger partial charge in [0.2, 0.25) is 0 Å². The fraction of sp³-hybridized carbons (Fsp3) is 0.333. The Bertz CT molecular complexity index is 33.2. The Balaban J connectivity index is -0.0000000112. The fourth-order valence-corrected chi connectivity index (χ4v) is 0. The van der Waals surface area contributed by atoms with E-state index in [1.165, 1.54) is 0 Å². The molecule has 0 amide bonds. The molecule has 0 atom stereocenters. The third-order valence-electron chi connectivity index (χ3n) is 0.204. The fourth-order valence-electron chi connectivity index (χ4n) is 0. The molecule has 0 heterocycles. The van der Waals surface area contributed by atoms with Crippen LogP contribution in [0.4, 0.5) is 0 Å². The first-order chi connectivity index (χ1) is 1.50. The van der Waals surface area contributed by atoms with Crippen molar-refractivity contribution >= 4 is 0 Å². The Morgan fingerprint density at radius 2 is 1.29 bits per heavy atom. The van der Waals surface area contributed by atoms with Crippen LogP contribution in [0, 0.1) is 6.08 Å². The zero-order valence-electron chi connectivity index (χ0n) is 3.42. The van der Waals surface area contributed by atoms with Gasteiger partial charge in [0.1, 0.15) is 0 Å². The quantitative estimate of drug-likeness (QED) is 0.367. The molecular formula is C3H3Cl3Zr. The van der Waals surface area contributed by atoms with Crippen LogP contribution in [-0.4, -0.2) is 0 Å². The van der Waals surface area contributed by atoms with E-state index in [2.05, 4.69) is 6.08 Å². The van der Waals surface area contributed by atoms with Crippen molar-refractivity contribution in [2.24, 2.45) is 0 Å². The van der Waals surface area contributed by atoms with Crippen LogP contribution >= 0.6 is 0 Å². The molecule has 0 unspecified atom stereocenters. The summed E-state index contributed by atoms with van der Waals surface area (Å²) in [6.07, 6.45) is 6.00. The first kappa shape index (κ1) is 23.6. The van der Waals surface area contributed by atoms with Crippen molar-refractivity contribution in [3.05, 3.63) is 12.2 Å². The van der Waals surface area contributed by atoms with E-state index in [-0.39, 0.29) is 63.4 Å². The number of allylic oxidation sites excluding steroid dienone is 2. The van der Waals surface area contributed by atoms with Crippen molar-refractivity contribution in [1.82, 2.24) is 0 Å². The normalized spacial score (nSPS) is 8.00. The maximum absolute atomic E-state index is 2.88. The largest absolute Gasteiger partial charge is 4.00 e. The Kier molecular flexibility index (Phi) is 52.8. The minimum atomic E-state index is 0. The second kappa shape index (κ2) is 15.6. The van der Waals surface area contributed by atoms with Crippen LogP contribution in [0.1, 0.15) is 6.42 Å². The van der Waals surface area contributed by atoms with Crippen LogP contribution in [0.2, 0.25) is 0 Å². The van der Waals surface area contributed by atoms with Gasteiger partial charge in [-0.2, -0.15) is 0 Å². The van der Waals surface area contributed by atoms with Gasteiger partial charge in [-0.05, 0) is 0 Å². The smallest absolute Gasteiger partial charge is 1.00 e. The number of hydrogen-bond donors (Lipinski definition) is 0. The summed E-state index contributed by atoms with van der Waals surface area (Å²) >= 11 is 0. The summed E-state index contributed by atoms with van der Waals surface area (Å²) < 4.78 is 0. The molecule has 7 heavy (non-hydrogen) atoms. The van der Waals surface area contributed by atoms with Crippen molar-refractivity contribution < 1.29 is 63.4 Å². The summed E-state index contributed by atoms with van der Waals surface area (Å²) in [4.78, 5) is 0. The van der Waals surface area contributed by atoms with Gasteiger partial charge in [0.15, 0.2) is 0 Å². The molecular weight excluding hydrogens is 234 g/mol. The van der Waals surface area contributed by atoms with Gasteiger partial charge in [-0.1, -0.05) is 0 Å². The molecule has 0 saturated carbocycles. The molecule has 0 N–H and O–H groups in total. The molecule has 0 aromatic rings. The van der Waals surface area contributed by atoms with Crippen LogP contribution in [0.3, 0.4) is 0 Å². The number of rotatable bonds is 0. The van der Waals surface area contributed by atoms with Gasteiger partial charge in [0.05, 0.1) is 0 Å². The van der Waals surface area contributed by atoms with Crippen LogP contribution in [0.15, 0.2) is 6.08 Å². The van der Waals surface area contributed by atoms with E-state index < -0.39 is 0 Å². The zero-order chi connectivity index (χ0) is 2.12. The average Bonchev–Trinajstić information content (AvgIpc) is 1.46. The Morgan fingerprint density at radius 1 is 1.14 bits per heavy atom. The monoisotopic (exact) mass is 234 g/mol. The minimum absolute atomic E-state index is 0. The molecule has 1 aliphatic rings. The first-order valence-corrected chi connectivity index (χ1v) is 1.05. The number of halogens is 3. The van der Waals surface area contributed by atoms with Crippen molar-refractivity contribution in [3.8, 4) is 0 Å². The Morgan fingerprint density at radius 3 is 1.29 bits per heavy atom. The van der Waals surface area contributed by atoms with E-state index in [1.807, 2.05) is 6.08 Å². The third-order valence-corrected chi connectivity index (χ3v) is 0.204. The van der Waals surface area contributed by atoms with Crippen LogP contribution < -0.4 is 37.2 Å². The summed E-state index contributed by atoms with van der Waals surface area (Å²) in [5.74, 6) is 0. The maximum atomic E-state index is 2.88. The second-order valence-corrected chi connectivity index (χ2v) is 0.612. The topological polar surface area (TPSA) is 0 Å². The van der Waals surface area contributed by atoms with Crippen molar-refractivity contribution in [3.63, 3.8) is 0 Å². The van der Waals surface area contributed by atoms with Gasteiger partial charge in [-0.25, -0.2) is 6.42 Å². The summed E-state index contributed by atoms with van der Waals surface area (Å²) in [7, 11) is 0. The van der Waals surface area contributed by atoms with Crippen molar-refractivity contribution in [2.75, 3.05) is 0 Å². The summed E-state index contributed by atoms with van der Waals surface area (Å²) in [6, 6.07) is 0. The van der Waals surface area contributed by atoms with Gasteiger partial charge in [0.25, 0.3) is 0 Å². The van der Waals surface area contributed by atoms with Crippen LogP contribution in [0.5, 0.6) is 0 Å². The van der Waals surface area contributed by atoms with Gasteiger partial charge in [-0.15, -0.1) is 0 Å². The van der Waals surface area contributed by atoms with Crippen LogP contribution in [-0.2, 0) is 26.2 Å². The van der Waals surface area contributed by atoms with E-state index >= 15 is 0 Å². The molecule has 1 aliphatic carbocycles. The van der Waals surface area contributed by atoms with E-state index in [1.54, 1.807) is 0 Å². The molecule has 0 aromatic carbocycles. The molecule has 1 rings (SSSR count). The Hall–Kier alpha value is 1.49. The third kappa shape index (κ3) is 36.4. The molecule has 40 valence electrons. The van der Waals surface area contributed by atoms with Gasteiger partial charge < -0.3 is 43.3 Å². The maximum Gasteiger partial charge on any atom is 4.00 e. The van der Waals surface area contributed by atoms with E-state index in [0.29, 0.717) is 0 Å². The Labute approximate surface area is 81.5 Å². The summed E-state index contributed by atoms with van der Waals surface area (Å²) in [6.45, 7) is 0. The summed E-state index contributed by atoms with van der Waals surface area (Å²) in [5, 5.41) is 0. The second-order valence-electron chi connectivity index (χ2n) is 0.612. The molecule has 0 aliphatic heterocycles.